The highest BCUT2D eigenvalue weighted by Gasteiger charge is 2.21. The van der Waals surface area contributed by atoms with Crippen molar-refractivity contribution in [1.82, 2.24) is 10.3 Å². The maximum absolute atomic E-state index is 13.1. The van der Waals surface area contributed by atoms with Gasteiger partial charge in [-0.05, 0) is 12.1 Å². The third-order valence-corrected chi connectivity index (χ3v) is 1.93. The second-order valence-electron chi connectivity index (χ2n) is 3.11. The third kappa shape index (κ3) is 3.28. The van der Waals surface area contributed by atoms with E-state index in [0.29, 0.717) is 0 Å². The second kappa shape index (κ2) is 5.61. The van der Waals surface area contributed by atoms with Crippen LogP contribution in [0.4, 0.5) is 4.39 Å². The number of hydrogen-bond acceptors (Lipinski definition) is 3. The molecule has 1 atom stereocenters. The summed E-state index contributed by atoms with van der Waals surface area (Å²) in [6.07, 6.45) is 5.97. The molecule has 2 N–H and O–H groups in total. The van der Waals surface area contributed by atoms with Crippen molar-refractivity contribution < 1.29 is 19.1 Å². The van der Waals surface area contributed by atoms with E-state index in [9.17, 15) is 14.0 Å². The van der Waals surface area contributed by atoms with Crippen molar-refractivity contribution in [3.05, 3.63) is 29.8 Å². The molecule has 0 aliphatic carbocycles. The fourth-order valence-corrected chi connectivity index (χ4v) is 1.11. The Bertz CT molecular complexity index is 482. The minimum Gasteiger partial charge on any atom is -0.480 e. The van der Waals surface area contributed by atoms with Crippen molar-refractivity contribution in [2.45, 2.75) is 12.5 Å². The molecule has 88 valence electrons. The van der Waals surface area contributed by atoms with Crippen LogP contribution in [0, 0.1) is 18.3 Å². The van der Waals surface area contributed by atoms with Crippen LogP contribution in [0.5, 0.6) is 0 Å². The van der Waals surface area contributed by atoms with Gasteiger partial charge in [0.05, 0.1) is 5.56 Å². The molecule has 1 rings (SSSR count). The van der Waals surface area contributed by atoms with E-state index in [4.69, 9.17) is 11.5 Å². The lowest BCUT2D eigenvalue weighted by atomic mass is 10.2. The predicted octanol–water partition coefficient (Wildman–Crippen LogP) is 0.427. The van der Waals surface area contributed by atoms with Crippen LogP contribution in [0.15, 0.2) is 18.3 Å². The fourth-order valence-electron chi connectivity index (χ4n) is 1.11. The number of nitrogens with zero attached hydrogens (tertiary/aromatic N) is 1. The van der Waals surface area contributed by atoms with E-state index in [2.05, 4.69) is 16.2 Å². The van der Waals surface area contributed by atoms with Crippen LogP contribution in [0.1, 0.15) is 16.8 Å². The quantitative estimate of drug-likeness (QED) is 0.586. The lowest BCUT2D eigenvalue weighted by molar-refractivity contribution is -0.139. The number of terminal acetylenes is 1. The molecule has 1 aromatic heterocycles. The fraction of sp³-hybridized carbons (Fsp3) is 0.182. The molecule has 1 unspecified atom stereocenters. The average molecular weight is 236 g/mol. The molecule has 1 amide bonds. The summed E-state index contributed by atoms with van der Waals surface area (Å²) < 4.78 is 13.1. The van der Waals surface area contributed by atoms with Crippen LogP contribution in [0.2, 0.25) is 0 Å². The zero-order valence-electron chi connectivity index (χ0n) is 8.68. The van der Waals surface area contributed by atoms with Gasteiger partial charge in [-0.3, -0.25) is 4.79 Å². The summed E-state index contributed by atoms with van der Waals surface area (Å²) in [6.45, 7) is 0. The number of amides is 1. The first-order valence-electron chi connectivity index (χ1n) is 4.64. The first kappa shape index (κ1) is 12.6. The highest BCUT2D eigenvalue weighted by atomic mass is 19.1. The molecule has 0 spiro atoms. The Hall–Kier alpha value is -2.42. The molecular weight excluding hydrogens is 227 g/mol. The maximum Gasteiger partial charge on any atom is 0.327 e. The number of carbonyl (C=O) groups excluding carboxylic acids is 1. The Kier molecular flexibility index (Phi) is 4.17. The van der Waals surface area contributed by atoms with Gasteiger partial charge in [0.25, 0.3) is 5.91 Å². The number of carboxylic acids is 1. The van der Waals surface area contributed by atoms with Crippen LogP contribution >= 0.6 is 0 Å². The zero-order valence-corrected chi connectivity index (χ0v) is 8.68. The van der Waals surface area contributed by atoms with Crippen LogP contribution < -0.4 is 5.32 Å². The first-order valence-corrected chi connectivity index (χ1v) is 4.64. The Labute approximate surface area is 96.7 Å². The number of aliphatic carboxylic acids is 1. The number of halogens is 1. The van der Waals surface area contributed by atoms with E-state index in [-0.39, 0.29) is 12.0 Å². The summed E-state index contributed by atoms with van der Waals surface area (Å²) in [7, 11) is 0. The smallest absolute Gasteiger partial charge is 0.327 e. The van der Waals surface area contributed by atoms with Gasteiger partial charge in [0.15, 0.2) is 0 Å². The number of rotatable bonds is 4. The van der Waals surface area contributed by atoms with Crippen molar-refractivity contribution in [3.8, 4) is 12.3 Å². The summed E-state index contributed by atoms with van der Waals surface area (Å²) in [4.78, 5) is 25.5. The highest BCUT2D eigenvalue weighted by Crippen LogP contribution is 2.04. The molecule has 0 aliphatic heterocycles. The van der Waals surface area contributed by atoms with Crippen molar-refractivity contribution in [2.75, 3.05) is 0 Å². The third-order valence-electron chi connectivity index (χ3n) is 1.93. The van der Waals surface area contributed by atoms with Crippen molar-refractivity contribution in [3.63, 3.8) is 0 Å². The van der Waals surface area contributed by atoms with E-state index in [1.165, 1.54) is 18.3 Å². The maximum atomic E-state index is 13.1. The Morgan fingerprint density at radius 2 is 2.35 bits per heavy atom. The van der Waals surface area contributed by atoms with Crippen molar-refractivity contribution >= 4 is 11.9 Å². The van der Waals surface area contributed by atoms with Crippen LogP contribution in [0.25, 0.3) is 0 Å². The monoisotopic (exact) mass is 236 g/mol. The SMILES string of the molecule is C#CCC(NC(=O)c1cccnc1F)C(=O)O. The molecule has 17 heavy (non-hydrogen) atoms. The van der Waals surface area contributed by atoms with Gasteiger partial charge in [-0.2, -0.15) is 4.39 Å². The van der Waals surface area contributed by atoms with Gasteiger partial charge in [-0.25, -0.2) is 9.78 Å². The Balaban J connectivity index is 2.82. The second-order valence-corrected chi connectivity index (χ2v) is 3.11. The molecule has 0 saturated heterocycles. The van der Waals surface area contributed by atoms with E-state index in [1.807, 2.05) is 0 Å². The van der Waals surface area contributed by atoms with Crippen LogP contribution in [0.3, 0.4) is 0 Å². The van der Waals surface area contributed by atoms with Crippen LogP contribution in [-0.4, -0.2) is 28.0 Å². The van der Waals surface area contributed by atoms with Crippen molar-refractivity contribution in [2.24, 2.45) is 0 Å². The van der Waals surface area contributed by atoms with E-state index in [0.717, 1.165) is 0 Å². The van der Waals surface area contributed by atoms with Gasteiger partial charge in [0.1, 0.15) is 6.04 Å². The molecule has 0 aliphatic rings. The lowest BCUT2D eigenvalue weighted by Gasteiger charge is -2.11. The van der Waals surface area contributed by atoms with Gasteiger partial charge in [-0.1, -0.05) is 0 Å². The minimum atomic E-state index is -1.28. The first-order chi connectivity index (χ1) is 8.06. The molecule has 1 heterocycles. The summed E-state index contributed by atoms with van der Waals surface area (Å²) in [5, 5.41) is 10.9. The van der Waals surface area contributed by atoms with Gasteiger partial charge in [-0.15, -0.1) is 12.3 Å². The number of hydrogen-bond donors (Lipinski definition) is 2. The predicted molar refractivity (Wildman–Crippen MR) is 56.5 cm³/mol. The van der Waals surface area contributed by atoms with Gasteiger partial charge >= 0.3 is 5.97 Å². The number of nitrogens with one attached hydrogen (secondary N) is 1. The van der Waals surface area contributed by atoms with Gasteiger partial charge < -0.3 is 10.4 Å². The zero-order chi connectivity index (χ0) is 12.8. The van der Waals surface area contributed by atoms with E-state index < -0.39 is 23.9 Å². The minimum absolute atomic E-state index is 0.178. The molecule has 0 saturated carbocycles. The number of carbonyl (C=O) groups is 2. The van der Waals surface area contributed by atoms with Gasteiger partial charge in [0.2, 0.25) is 5.95 Å². The topological polar surface area (TPSA) is 79.3 Å². The number of pyridine rings is 1. The van der Waals surface area contributed by atoms with Crippen molar-refractivity contribution in [1.29, 1.82) is 0 Å². The van der Waals surface area contributed by atoms with Crippen LogP contribution in [-0.2, 0) is 4.79 Å². The highest BCUT2D eigenvalue weighted by molar-refractivity contribution is 5.96. The molecule has 0 radical (unpaired) electrons. The van der Waals surface area contributed by atoms with E-state index in [1.54, 1.807) is 0 Å². The average Bonchev–Trinajstić information content (AvgIpc) is 2.28. The normalized spacial score (nSPS) is 11.3. The summed E-state index contributed by atoms with van der Waals surface area (Å²) in [5.41, 5.74) is -0.323. The number of aromatic nitrogens is 1. The Morgan fingerprint density at radius 3 is 2.88 bits per heavy atom. The standard InChI is InChI=1S/C11H9FN2O3/c1-2-4-8(11(16)17)14-10(15)7-5-3-6-13-9(7)12/h1,3,5-6,8H,4H2,(H,14,15)(H,16,17). The van der Waals surface area contributed by atoms with E-state index >= 15 is 0 Å². The molecular formula is C11H9FN2O3. The molecule has 0 bridgehead atoms. The summed E-state index contributed by atoms with van der Waals surface area (Å²) in [6, 6.07) is 1.33. The molecule has 0 aromatic carbocycles. The Morgan fingerprint density at radius 1 is 1.65 bits per heavy atom. The molecule has 1 aromatic rings. The largest absolute Gasteiger partial charge is 0.480 e. The number of carboxylic acid groups (broad SMARTS) is 1. The lowest BCUT2D eigenvalue weighted by Crippen LogP contribution is -2.40. The molecule has 5 nitrogen and oxygen atoms in total. The summed E-state index contributed by atoms with van der Waals surface area (Å²) in [5.74, 6) is -0.987. The molecule has 6 heteroatoms. The molecule has 0 fully saturated rings. The summed E-state index contributed by atoms with van der Waals surface area (Å²) >= 11 is 0. The van der Waals surface area contributed by atoms with Gasteiger partial charge in [0, 0.05) is 12.6 Å².